The topological polar surface area (TPSA) is 120 Å². The van der Waals surface area contributed by atoms with E-state index in [-0.39, 0.29) is 18.3 Å². The van der Waals surface area contributed by atoms with Crippen LogP contribution in [-0.2, 0) is 16.8 Å². The summed E-state index contributed by atoms with van der Waals surface area (Å²) >= 11 is 0. The van der Waals surface area contributed by atoms with Crippen LogP contribution in [0.3, 0.4) is 0 Å². The summed E-state index contributed by atoms with van der Waals surface area (Å²) in [5.41, 5.74) is 4.89. The van der Waals surface area contributed by atoms with E-state index in [1.165, 1.54) is 14.1 Å². The van der Waals surface area contributed by atoms with E-state index < -0.39 is 10.2 Å². The molecular formula is C24H27N5O4S. The van der Waals surface area contributed by atoms with Gasteiger partial charge in [0.15, 0.2) is 0 Å². The lowest BCUT2D eigenvalue weighted by atomic mass is 10.1. The van der Waals surface area contributed by atoms with Crippen LogP contribution in [0.15, 0.2) is 46.9 Å². The third kappa shape index (κ3) is 4.42. The van der Waals surface area contributed by atoms with Crippen molar-refractivity contribution in [2.45, 2.75) is 27.3 Å². The number of anilines is 1. The predicted octanol–water partition coefficient (Wildman–Crippen LogP) is 3.90. The molecule has 0 aliphatic heterocycles. The van der Waals surface area contributed by atoms with Crippen LogP contribution in [0.5, 0.6) is 0 Å². The van der Waals surface area contributed by atoms with E-state index in [0.717, 1.165) is 26.5 Å². The summed E-state index contributed by atoms with van der Waals surface area (Å²) in [4.78, 5) is 20.8. The number of aromatic nitrogens is 2. The van der Waals surface area contributed by atoms with Gasteiger partial charge in [-0.05, 0) is 44.5 Å². The minimum atomic E-state index is -3.70. The number of aromatic amines is 1. The van der Waals surface area contributed by atoms with E-state index in [1.807, 2.05) is 26.0 Å². The Morgan fingerprint density at radius 2 is 1.82 bits per heavy atom. The molecule has 0 fully saturated rings. The van der Waals surface area contributed by atoms with E-state index in [1.54, 1.807) is 37.3 Å². The van der Waals surface area contributed by atoms with Gasteiger partial charge in [-0.1, -0.05) is 24.3 Å². The number of oxazole rings is 1. The number of hydrogen-bond donors (Lipinski definition) is 3. The van der Waals surface area contributed by atoms with Gasteiger partial charge >= 0.3 is 10.2 Å². The van der Waals surface area contributed by atoms with Crippen molar-refractivity contribution < 1.29 is 17.6 Å². The van der Waals surface area contributed by atoms with Crippen LogP contribution >= 0.6 is 0 Å². The van der Waals surface area contributed by atoms with Crippen LogP contribution in [0.25, 0.3) is 22.4 Å². The number of rotatable bonds is 7. The Morgan fingerprint density at radius 1 is 1.09 bits per heavy atom. The average Bonchev–Trinajstić information content (AvgIpc) is 3.31. The van der Waals surface area contributed by atoms with Crippen molar-refractivity contribution in [3.05, 3.63) is 70.7 Å². The molecule has 2 aromatic heterocycles. The summed E-state index contributed by atoms with van der Waals surface area (Å²) in [5, 5.41) is 3.93. The van der Waals surface area contributed by atoms with Gasteiger partial charge in [-0.25, -0.2) is 4.98 Å². The normalized spacial score (nSPS) is 11.8. The lowest BCUT2D eigenvalue weighted by Gasteiger charge is -2.15. The number of H-pyrrole nitrogens is 1. The number of carbonyl (C=O) groups is 1. The van der Waals surface area contributed by atoms with Crippen molar-refractivity contribution >= 4 is 32.7 Å². The number of benzene rings is 2. The SMILES string of the molecule is Cc1[nH]c2c(C(=O)NCc3nc(-c4ccccc4NS(=O)(=O)N(C)C)oc3C)cccc2c1C. The van der Waals surface area contributed by atoms with Crippen LogP contribution in [0.4, 0.5) is 5.69 Å². The predicted molar refractivity (Wildman–Crippen MR) is 132 cm³/mol. The van der Waals surface area contributed by atoms with Gasteiger partial charge in [0.2, 0.25) is 5.89 Å². The third-order valence-electron chi connectivity index (χ3n) is 5.77. The first-order chi connectivity index (χ1) is 16.1. The molecule has 4 aromatic rings. The highest BCUT2D eigenvalue weighted by Gasteiger charge is 2.20. The highest BCUT2D eigenvalue weighted by atomic mass is 32.2. The number of fused-ring (bicyclic) bond motifs is 1. The summed E-state index contributed by atoms with van der Waals surface area (Å²) in [6.07, 6.45) is 0. The number of hydrogen-bond acceptors (Lipinski definition) is 5. The minimum Gasteiger partial charge on any atom is -0.441 e. The monoisotopic (exact) mass is 481 g/mol. The van der Waals surface area contributed by atoms with Crippen LogP contribution in [0.1, 0.15) is 33.1 Å². The van der Waals surface area contributed by atoms with E-state index in [4.69, 9.17) is 4.42 Å². The second kappa shape index (κ2) is 8.96. The zero-order valence-electron chi connectivity index (χ0n) is 19.7. The van der Waals surface area contributed by atoms with E-state index >= 15 is 0 Å². The first-order valence-corrected chi connectivity index (χ1v) is 12.1. The molecule has 10 heteroatoms. The molecule has 0 atom stereocenters. The van der Waals surface area contributed by atoms with Crippen LogP contribution < -0.4 is 10.0 Å². The Kier molecular flexibility index (Phi) is 6.20. The summed E-state index contributed by atoms with van der Waals surface area (Å²) in [7, 11) is -0.819. The smallest absolute Gasteiger partial charge is 0.301 e. The van der Waals surface area contributed by atoms with Crippen molar-refractivity contribution in [2.24, 2.45) is 0 Å². The molecule has 9 nitrogen and oxygen atoms in total. The van der Waals surface area contributed by atoms with Crippen molar-refractivity contribution in [3.8, 4) is 11.5 Å². The second-order valence-electron chi connectivity index (χ2n) is 8.24. The molecule has 34 heavy (non-hydrogen) atoms. The van der Waals surface area contributed by atoms with Gasteiger partial charge in [0.05, 0.1) is 28.9 Å². The molecule has 2 heterocycles. The average molecular weight is 482 g/mol. The summed E-state index contributed by atoms with van der Waals surface area (Å²) < 4.78 is 34.0. The number of aryl methyl sites for hydroxylation is 3. The standard InChI is InChI=1S/C24H27N5O4S/c1-14-15(2)26-22-17(14)10-8-11-19(22)23(30)25-13-21-16(3)33-24(27-21)18-9-6-7-12-20(18)28-34(31,32)29(4)5/h6-12,26,28H,13H2,1-5H3,(H,25,30). The minimum absolute atomic E-state index is 0.162. The maximum Gasteiger partial charge on any atom is 0.301 e. The molecule has 1 amide bonds. The molecule has 0 aliphatic rings. The summed E-state index contributed by atoms with van der Waals surface area (Å²) in [6, 6.07) is 12.5. The third-order valence-corrected chi connectivity index (χ3v) is 7.21. The molecular weight excluding hydrogens is 454 g/mol. The second-order valence-corrected chi connectivity index (χ2v) is 10.1. The van der Waals surface area contributed by atoms with Crippen LogP contribution in [-0.4, -0.2) is 42.7 Å². The largest absolute Gasteiger partial charge is 0.441 e. The van der Waals surface area contributed by atoms with E-state index in [0.29, 0.717) is 28.3 Å². The Balaban J connectivity index is 1.57. The fourth-order valence-corrected chi connectivity index (χ4v) is 4.27. The fraction of sp³-hybridized carbons (Fsp3) is 0.250. The molecule has 2 aromatic carbocycles. The van der Waals surface area contributed by atoms with Gasteiger partial charge in [0, 0.05) is 25.2 Å². The Hall–Kier alpha value is -3.63. The van der Waals surface area contributed by atoms with Crippen molar-refractivity contribution in [1.29, 1.82) is 0 Å². The number of carbonyl (C=O) groups excluding carboxylic acids is 1. The zero-order chi connectivity index (χ0) is 24.6. The molecule has 0 radical (unpaired) electrons. The Bertz CT molecular complexity index is 1480. The summed E-state index contributed by atoms with van der Waals surface area (Å²) in [6.45, 7) is 5.91. The van der Waals surface area contributed by atoms with Gasteiger partial charge in [-0.2, -0.15) is 12.7 Å². The lowest BCUT2D eigenvalue weighted by Crippen LogP contribution is -2.29. The molecule has 3 N–H and O–H groups in total. The van der Waals surface area contributed by atoms with E-state index in [2.05, 4.69) is 20.0 Å². The number of para-hydroxylation sites is 2. The molecule has 0 bridgehead atoms. The van der Waals surface area contributed by atoms with Crippen LogP contribution in [0, 0.1) is 20.8 Å². The number of nitrogens with one attached hydrogen (secondary N) is 3. The highest BCUT2D eigenvalue weighted by molar-refractivity contribution is 7.90. The number of amides is 1. The highest BCUT2D eigenvalue weighted by Crippen LogP contribution is 2.30. The maximum absolute atomic E-state index is 12.9. The van der Waals surface area contributed by atoms with Gasteiger partial charge in [-0.15, -0.1) is 0 Å². The lowest BCUT2D eigenvalue weighted by molar-refractivity contribution is 0.0952. The van der Waals surface area contributed by atoms with Crippen molar-refractivity contribution in [2.75, 3.05) is 18.8 Å². The first-order valence-electron chi connectivity index (χ1n) is 10.7. The fourth-order valence-electron chi connectivity index (χ4n) is 3.63. The molecule has 4 rings (SSSR count). The molecule has 0 aliphatic carbocycles. The zero-order valence-corrected chi connectivity index (χ0v) is 20.5. The van der Waals surface area contributed by atoms with Crippen molar-refractivity contribution in [1.82, 2.24) is 19.6 Å². The Labute approximate surface area is 198 Å². The molecule has 0 unspecified atom stereocenters. The van der Waals surface area contributed by atoms with Gasteiger partial charge in [-0.3, -0.25) is 9.52 Å². The van der Waals surface area contributed by atoms with Gasteiger partial charge < -0.3 is 14.7 Å². The van der Waals surface area contributed by atoms with Gasteiger partial charge in [0.25, 0.3) is 5.91 Å². The molecule has 0 spiro atoms. The quantitative estimate of drug-likeness (QED) is 0.370. The number of nitrogens with zero attached hydrogens (tertiary/aromatic N) is 2. The van der Waals surface area contributed by atoms with Crippen LogP contribution in [0.2, 0.25) is 0 Å². The molecule has 178 valence electrons. The van der Waals surface area contributed by atoms with Gasteiger partial charge in [0.1, 0.15) is 11.5 Å². The maximum atomic E-state index is 12.9. The van der Waals surface area contributed by atoms with E-state index in [9.17, 15) is 13.2 Å². The Morgan fingerprint density at radius 3 is 2.56 bits per heavy atom. The first kappa shape index (κ1) is 23.5. The summed E-state index contributed by atoms with van der Waals surface area (Å²) in [5.74, 6) is 0.566. The van der Waals surface area contributed by atoms with Crippen molar-refractivity contribution in [3.63, 3.8) is 0 Å². The molecule has 0 saturated carbocycles. The molecule has 0 saturated heterocycles.